The van der Waals surface area contributed by atoms with Crippen LogP contribution in [-0.2, 0) is 4.74 Å². The first-order chi connectivity index (χ1) is 13.8. The van der Waals surface area contributed by atoms with Crippen LogP contribution in [0.25, 0.3) is 5.65 Å². The van der Waals surface area contributed by atoms with Crippen LogP contribution in [0.5, 0.6) is 5.88 Å². The van der Waals surface area contributed by atoms with Gasteiger partial charge in [-0.1, -0.05) is 0 Å². The van der Waals surface area contributed by atoms with E-state index in [9.17, 15) is 13.6 Å². The largest absolute Gasteiger partial charge is 0.416 e. The van der Waals surface area contributed by atoms with E-state index in [2.05, 4.69) is 46.4 Å². The second-order valence-electron chi connectivity index (χ2n) is 5.97. The first kappa shape index (κ1) is 20.9. The van der Waals surface area contributed by atoms with Crippen LogP contribution >= 0.6 is 15.9 Å². The molecule has 0 aliphatic rings. The second-order valence-corrected chi connectivity index (χ2v) is 6.82. The lowest BCUT2D eigenvalue weighted by Crippen LogP contribution is -2.21. The fraction of sp³-hybridized carbons (Fsp3) is 0.294. The zero-order valence-corrected chi connectivity index (χ0v) is 17.2. The highest BCUT2D eigenvalue weighted by Crippen LogP contribution is 2.29. The van der Waals surface area contributed by atoms with Crippen molar-refractivity contribution < 1.29 is 23.0 Å². The van der Waals surface area contributed by atoms with Gasteiger partial charge < -0.3 is 20.1 Å². The molecule has 0 radical (unpaired) electrons. The Labute approximate surface area is 172 Å². The lowest BCUT2D eigenvalue weighted by Gasteiger charge is -2.16. The molecule has 0 unspecified atom stereocenters. The van der Waals surface area contributed by atoms with E-state index >= 15 is 0 Å². The van der Waals surface area contributed by atoms with E-state index in [1.54, 1.807) is 17.8 Å². The topological polar surface area (TPSA) is 103 Å². The highest BCUT2D eigenvalue weighted by molar-refractivity contribution is 9.10. The number of fused-ring (bicyclic) bond motifs is 1. The van der Waals surface area contributed by atoms with Crippen molar-refractivity contribution in [3.8, 4) is 5.88 Å². The summed E-state index contributed by atoms with van der Waals surface area (Å²) in [7, 11) is 1.55. The summed E-state index contributed by atoms with van der Waals surface area (Å²) in [4.78, 5) is 20.6. The fourth-order valence-electron chi connectivity index (χ4n) is 2.63. The van der Waals surface area contributed by atoms with Crippen LogP contribution in [-0.4, -0.2) is 39.3 Å². The van der Waals surface area contributed by atoms with Crippen molar-refractivity contribution in [3.05, 3.63) is 40.4 Å². The van der Waals surface area contributed by atoms with E-state index < -0.39 is 12.6 Å². The van der Waals surface area contributed by atoms with Crippen LogP contribution in [0.2, 0.25) is 0 Å². The van der Waals surface area contributed by atoms with E-state index in [0.29, 0.717) is 16.9 Å². The summed E-state index contributed by atoms with van der Waals surface area (Å²) < 4.78 is 36.1. The maximum atomic E-state index is 12.4. The quantitative estimate of drug-likeness (QED) is 0.560. The Hall–Kier alpha value is -2.86. The van der Waals surface area contributed by atoms with Crippen molar-refractivity contribution >= 4 is 39.0 Å². The predicted molar refractivity (Wildman–Crippen MR) is 104 cm³/mol. The number of methoxy groups -OCH3 is 1. The van der Waals surface area contributed by atoms with Crippen LogP contribution < -0.4 is 15.4 Å². The molecule has 29 heavy (non-hydrogen) atoms. The van der Waals surface area contributed by atoms with Gasteiger partial charge in [0.15, 0.2) is 5.65 Å². The summed E-state index contributed by atoms with van der Waals surface area (Å²) >= 11 is 3.07. The fourth-order valence-corrected chi connectivity index (χ4v) is 3.08. The number of carbonyl (C=O) groups is 1. The molecule has 2 amide bonds. The number of halogens is 3. The van der Waals surface area contributed by atoms with Crippen LogP contribution in [0.4, 0.5) is 25.0 Å². The number of alkyl halides is 2. The van der Waals surface area contributed by atoms with E-state index in [-0.39, 0.29) is 22.1 Å². The van der Waals surface area contributed by atoms with Gasteiger partial charge in [-0.3, -0.25) is 0 Å². The average molecular weight is 471 g/mol. The standard InChI is InChI=1S/C17H17BrF2N6O3/c1-8-7-26-14(23-8)13(9(2)28-3)12(6-22-26)25-17(27)24-10-4-11(18)15(21-5-10)29-16(19)20/h4-7,9,16H,1-3H3,(H2,24,25,27)/t9-/m0/s1. The second kappa shape index (κ2) is 8.66. The van der Waals surface area contributed by atoms with Crippen LogP contribution in [0.15, 0.2) is 29.1 Å². The minimum atomic E-state index is -3.00. The molecule has 0 aliphatic heterocycles. The molecule has 1 atom stereocenters. The number of pyridine rings is 1. The molecular formula is C17H17BrF2N6O3. The summed E-state index contributed by atoms with van der Waals surface area (Å²) in [5.74, 6) is -0.286. The molecule has 0 saturated carbocycles. The minimum absolute atomic E-state index is 0.167. The van der Waals surface area contributed by atoms with Gasteiger partial charge in [0.2, 0.25) is 5.88 Å². The van der Waals surface area contributed by atoms with E-state index in [4.69, 9.17) is 4.74 Å². The summed E-state index contributed by atoms with van der Waals surface area (Å²) in [5, 5.41) is 9.51. The maximum absolute atomic E-state index is 12.4. The van der Waals surface area contributed by atoms with Crippen molar-refractivity contribution in [3.63, 3.8) is 0 Å². The number of amides is 2. The molecule has 0 fully saturated rings. The van der Waals surface area contributed by atoms with Crippen molar-refractivity contribution in [1.82, 2.24) is 19.6 Å². The third-order valence-electron chi connectivity index (χ3n) is 3.92. The molecule has 0 spiro atoms. The van der Waals surface area contributed by atoms with Gasteiger partial charge in [0.1, 0.15) is 0 Å². The Morgan fingerprint density at radius 3 is 2.72 bits per heavy atom. The predicted octanol–water partition coefficient (Wildman–Crippen LogP) is 4.15. The van der Waals surface area contributed by atoms with Crippen LogP contribution in [0.3, 0.4) is 0 Å². The minimum Gasteiger partial charge on any atom is -0.416 e. The summed E-state index contributed by atoms with van der Waals surface area (Å²) in [6, 6.07) is 0.808. The first-order valence-electron chi connectivity index (χ1n) is 8.34. The molecule has 154 valence electrons. The molecule has 0 saturated heterocycles. The number of imidazole rings is 1. The number of urea groups is 1. The first-order valence-corrected chi connectivity index (χ1v) is 9.13. The number of nitrogens with one attached hydrogen (secondary N) is 2. The smallest absolute Gasteiger partial charge is 0.388 e. The van der Waals surface area contributed by atoms with Gasteiger partial charge >= 0.3 is 12.6 Å². The SMILES string of the molecule is CO[C@@H](C)c1c(NC(=O)Nc2cnc(OC(F)F)c(Br)c2)cnn2cc(C)nc12. The number of carbonyl (C=O) groups excluding carboxylic acids is 1. The third kappa shape index (κ3) is 4.77. The molecule has 2 N–H and O–H groups in total. The molecule has 0 aromatic carbocycles. The van der Waals surface area contributed by atoms with Crippen molar-refractivity contribution in [1.29, 1.82) is 0 Å². The Balaban J connectivity index is 1.82. The van der Waals surface area contributed by atoms with Crippen molar-refractivity contribution in [2.45, 2.75) is 26.6 Å². The lowest BCUT2D eigenvalue weighted by atomic mass is 10.1. The highest BCUT2D eigenvalue weighted by Gasteiger charge is 2.19. The number of hydrogen-bond donors (Lipinski definition) is 2. The van der Waals surface area contributed by atoms with Gasteiger partial charge in [0, 0.05) is 7.11 Å². The Bertz CT molecular complexity index is 1050. The van der Waals surface area contributed by atoms with E-state index in [1.165, 1.54) is 18.5 Å². The number of hydrogen-bond acceptors (Lipinski definition) is 6. The zero-order chi connectivity index (χ0) is 21.1. The van der Waals surface area contributed by atoms with E-state index in [1.807, 2.05) is 13.8 Å². The van der Waals surface area contributed by atoms with Crippen molar-refractivity contribution in [2.75, 3.05) is 17.7 Å². The van der Waals surface area contributed by atoms with Gasteiger partial charge in [-0.15, -0.1) is 0 Å². The van der Waals surface area contributed by atoms with Crippen LogP contribution in [0.1, 0.15) is 24.3 Å². The molecule has 0 aliphatic carbocycles. The summed E-state index contributed by atoms with van der Waals surface area (Å²) in [5.41, 5.74) is 2.67. The third-order valence-corrected chi connectivity index (χ3v) is 4.49. The van der Waals surface area contributed by atoms with Gasteiger partial charge in [-0.2, -0.15) is 13.9 Å². The number of anilines is 2. The maximum Gasteiger partial charge on any atom is 0.388 e. The highest BCUT2D eigenvalue weighted by atomic mass is 79.9. The molecule has 3 rings (SSSR count). The number of aromatic nitrogens is 4. The lowest BCUT2D eigenvalue weighted by molar-refractivity contribution is -0.0533. The summed E-state index contributed by atoms with van der Waals surface area (Å²) in [6.07, 6.45) is 4.09. The monoisotopic (exact) mass is 470 g/mol. The van der Waals surface area contributed by atoms with Gasteiger partial charge in [-0.05, 0) is 35.8 Å². The number of ether oxygens (including phenoxy) is 2. The van der Waals surface area contributed by atoms with Crippen LogP contribution in [0, 0.1) is 6.92 Å². The average Bonchev–Trinajstić information content (AvgIpc) is 3.03. The normalized spacial score (nSPS) is 12.2. The molecule has 3 aromatic rings. The van der Waals surface area contributed by atoms with Gasteiger partial charge in [-0.25, -0.2) is 19.3 Å². The molecule has 3 heterocycles. The Morgan fingerprint density at radius 1 is 1.31 bits per heavy atom. The summed E-state index contributed by atoms with van der Waals surface area (Å²) in [6.45, 7) is 0.656. The number of aryl methyl sites for hydroxylation is 1. The number of nitrogens with zero attached hydrogens (tertiary/aromatic N) is 4. The zero-order valence-electron chi connectivity index (χ0n) is 15.6. The number of rotatable bonds is 6. The molecular weight excluding hydrogens is 454 g/mol. The van der Waals surface area contributed by atoms with Gasteiger partial charge in [0.25, 0.3) is 0 Å². The molecule has 9 nitrogen and oxygen atoms in total. The molecule has 0 bridgehead atoms. The Morgan fingerprint density at radius 2 is 2.07 bits per heavy atom. The van der Waals surface area contributed by atoms with E-state index in [0.717, 1.165) is 5.69 Å². The van der Waals surface area contributed by atoms with Gasteiger partial charge in [0.05, 0.1) is 51.8 Å². The molecule has 3 aromatic heterocycles. The van der Waals surface area contributed by atoms with Crippen molar-refractivity contribution in [2.24, 2.45) is 0 Å². The Kier molecular flexibility index (Phi) is 6.23. The molecule has 12 heteroatoms.